The van der Waals surface area contributed by atoms with E-state index in [1.807, 2.05) is 56.4 Å². The highest BCUT2D eigenvalue weighted by molar-refractivity contribution is 6.02. The molecule has 5 heteroatoms. The Morgan fingerprint density at radius 2 is 1.77 bits per heavy atom. The van der Waals surface area contributed by atoms with E-state index >= 15 is 0 Å². The SMILES string of the molecule is CCOc1ccc(-n2cc(-c3ccccc3)c3c(NC)ncnc32)cc1. The van der Waals surface area contributed by atoms with Crippen LogP contribution < -0.4 is 10.1 Å². The van der Waals surface area contributed by atoms with Gasteiger partial charge in [-0.05, 0) is 36.8 Å². The van der Waals surface area contributed by atoms with Crippen LogP contribution in [-0.4, -0.2) is 28.2 Å². The maximum Gasteiger partial charge on any atom is 0.150 e. The molecule has 0 radical (unpaired) electrons. The van der Waals surface area contributed by atoms with E-state index in [1.54, 1.807) is 6.33 Å². The number of nitrogens with zero attached hydrogens (tertiary/aromatic N) is 3. The summed E-state index contributed by atoms with van der Waals surface area (Å²) in [4.78, 5) is 8.95. The van der Waals surface area contributed by atoms with Crippen molar-refractivity contribution < 1.29 is 4.74 Å². The van der Waals surface area contributed by atoms with Gasteiger partial charge < -0.3 is 14.6 Å². The van der Waals surface area contributed by atoms with Gasteiger partial charge >= 0.3 is 0 Å². The van der Waals surface area contributed by atoms with Gasteiger partial charge in [-0.15, -0.1) is 0 Å². The van der Waals surface area contributed by atoms with Crippen molar-refractivity contribution in [3.05, 3.63) is 67.1 Å². The quantitative estimate of drug-likeness (QED) is 0.578. The van der Waals surface area contributed by atoms with Gasteiger partial charge in [0.15, 0.2) is 5.65 Å². The van der Waals surface area contributed by atoms with Gasteiger partial charge in [0, 0.05) is 24.5 Å². The van der Waals surface area contributed by atoms with Crippen molar-refractivity contribution in [3.8, 4) is 22.6 Å². The number of hydrogen-bond donors (Lipinski definition) is 1. The van der Waals surface area contributed by atoms with E-state index in [9.17, 15) is 0 Å². The van der Waals surface area contributed by atoms with E-state index in [1.165, 1.54) is 0 Å². The standard InChI is InChI=1S/C21H20N4O/c1-3-26-17-11-9-16(10-12-17)25-13-18(15-7-5-4-6-8-15)19-20(22-2)23-14-24-21(19)25/h4-14H,3H2,1-2H3,(H,22,23,24). The highest BCUT2D eigenvalue weighted by Crippen LogP contribution is 2.35. The van der Waals surface area contributed by atoms with E-state index in [0.29, 0.717) is 6.61 Å². The molecule has 0 atom stereocenters. The summed E-state index contributed by atoms with van der Waals surface area (Å²) in [5, 5.41) is 4.20. The first kappa shape index (κ1) is 16.1. The number of ether oxygens (including phenoxy) is 1. The molecule has 0 aliphatic rings. The molecule has 4 aromatic rings. The molecular weight excluding hydrogens is 324 g/mol. The van der Waals surface area contributed by atoms with Crippen molar-refractivity contribution >= 4 is 16.9 Å². The van der Waals surface area contributed by atoms with Crippen molar-refractivity contribution in [2.24, 2.45) is 0 Å². The largest absolute Gasteiger partial charge is 0.494 e. The minimum absolute atomic E-state index is 0.655. The van der Waals surface area contributed by atoms with Crippen LogP contribution in [0.4, 0.5) is 5.82 Å². The molecule has 2 aromatic carbocycles. The van der Waals surface area contributed by atoms with E-state index in [2.05, 4.69) is 38.2 Å². The van der Waals surface area contributed by atoms with Crippen molar-refractivity contribution in [2.75, 3.05) is 19.0 Å². The molecule has 0 saturated carbocycles. The molecule has 0 saturated heterocycles. The number of fused-ring (bicyclic) bond motifs is 1. The lowest BCUT2D eigenvalue weighted by Gasteiger charge is -2.07. The smallest absolute Gasteiger partial charge is 0.150 e. The molecule has 2 heterocycles. The molecule has 0 bridgehead atoms. The topological polar surface area (TPSA) is 52.0 Å². The minimum atomic E-state index is 0.655. The summed E-state index contributed by atoms with van der Waals surface area (Å²) in [5.41, 5.74) is 4.13. The van der Waals surface area contributed by atoms with Crippen molar-refractivity contribution in [1.29, 1.82) is 0 Å². The van der Waals surface area contributed by atoms with Crippen LogP contribution >= 0.6 is 0 Å². The molecule has 0 fully saturated rings. The molecule has 130 valence electrons. The molecule has 0 spiro atoms. The third kappa shape index (κ3) is 2.77. The van der Waals surface area contributed by atoms with E-state index in [0.717, 1.165) is 39.4 Å². The fourth-order valence-corrected chi connectivity index (χ4v) is 3.15. The van der Waals surface area contributed by atoms with Gasteiger partial charge in [-0.2, -0.15) is 0 Å². The fourth-order valence-electron chi connectivity index (χ4n) is 3.15. The van der Waals surface area contributed by atoms with Crippen molar-refractivity contribution in [3.63, 3.8) is 0 Å². The zero-order valence-electron chi connectivity index (χ0n) is 14.8. The Hall–Kier alpha value is -3.34. The van der Waals surface area contributed by atoms with E-state index in [4.69, 9.17) is 4.74 Å². The Balaban J connectivity index is 1.93. The third-order valence-corrected chi connectivity index (χ3v) is 4.33. The van der Waals surface area contributed by atoms with E-state index in [-0.39, 0.29) is 0 Å². The Morgan fingerprint density at radius 3 is 2.46 bits per heavy atom. The molecule has 1 N–H and O–H groups in total. The van der Waals surface area contributed by atoms with Gasteiger partial charge in [0.1, 0.15) is 17.9 Å². The lowest BCUT2D eigenvalue weighted by molar-refractivity contribution is 0.340. The molecule has 0 aliphatic carbocycles. The highest BCUT2D eigenvalue weighted by atomic mass is 16.5. The van der Waals surface area contributed by atoms with Crippen LogP contribution in [0.25, 0.3) is 27.8 Å². The Morgan fingerprint density at radius 1 is 1.00 bits per heavy atom. The van der Waals surface area contributed by atoms with Crippen LogP contribution in [0.3, 0.4) is 0 Å². The third-order valence-electron chi connectivity index (χ3n) is 4.33. The molecule has 26 heavy (non-hydrogen) atoms. The fraction of sp³-hybridized carbons (Fsp3) is 0.143. The normalized spacial score (nSPS) is 10.8. The number of rotatable bonds is 5. The van der Waals surface area contributed by atoms with Gasteiger partial charge in [0.25, 0.3) is 0 Å². The first-order valence-electron chi connectivity index (χ1n) is 8.64. The summed E-state index contributed by atoms with van der Waals surface area (Å²) >= 11 is 0. The second-order valence-corrected chi connectivity index (χ2v) is 5.88. The van der Waals surface area contributed by atoms with Gasteiger partial charge in [0.05, 0.1) is 12.0 Å². The Kier molecular flexibility index (Phi) is 4.27. The van der Waals surface area contributed by atoms with Gasteiger partial charge in [-0.3, -0.25) is 0 Å². The van der Waals surface area contributed by atoms with Crippen molar-refractivity contribution in [1.82, 2.24) is 14.5 Å². The summed E-state index contributed by atoms with van der Waals surface area (Å²) in [5.74, 6) is 1.68. The molecule has 0 aliphatic heterocycles. The summed E-state index contributed by atoms with van der Waals surface area (Å²) in [7, 11) is 1.88. The summed E-state index contributed by atoms with van der Waals surface area (Å²) in [6.45, 7) is 2.64. The molecule has 0 unspecified atom stereocenters. The zero-order chi connectivity index (χ0) is 17.9. The van der Waals surface area contributed by atoms with Crippen LogP contribution in [0.1, 0.15) is 6.92 Å². The first-order chi connectivity index (χ1) is 12.8. The minimum Gasteiger partial charge on any atom is -0.494 e. The van der Waals surface area contributed by atoms with Gasteiger partial charge in [-0.1, -0.05) is 30.3 Å². The number of nitrogens with one attached hydrogen (secondary N) is 1. The number of anilines is 1. The van der Waals surface area contributed by atoms with Gasteiger partial charge in [0.2, 0.25) is 0 Å². The molecular formula is C21H20N4O. The summed E-state index contributed by atoms with van der Waals surface area (Å²) in [6, 6.07) is 18.3. The summed E-state index contributed by atoms with van der Waals surface area (Å²) in [6.07, 6.45) is 3.71. The monoisotopic (exact) mass is 344 g/mol. The highest BCUT2D eigenvalue weighted by Gasteiger charge is 2.16. The summed E-state index contributed by atoms with van der Waals surface area (Å²) < 4.78 is 7.64. The molecule has 4 rings (SSSR count). The lowest BCUT2D eigenvalue weighted by atomic mass is 10.1. The van der Waals surface area contributed by atoms with E-state index < -0.39 is 0 Å². The molecule has 5 nitrogen and oxygen atoms in total. The average Bonchev–Trinajstić information content (AvgIpc) is 3.09. The lowest BCUT2D eigenvalue weighted by Crippen LogP contribution is -1.98. The second kappa shape index (κ2) is 6.88. The van der Waals surface area contributed by atoms with Crippen LogP contribution in [-0.2, 0) is 0 Å². The average molecular weight is 344 g/mol. The number of aromatic nitrogens is 3. The molecule has 0 amide bonds. The number of hydrogen-bond acceptors (Lipinski definition) is 4. The molecule has 2 aromatic heterocycles. The first-order valence-corrected chi connectivity index (χ1v) is 8.64. The van der Waals surface area contributed by atoms with Crippen LogP contribution in [0, 0.1) is 0 Å². The van der Waals surface area contributed by atoms with Crippen LogP contribution in [0.5, 0.6) is 5.75 Å². The maximum atomic E-state index is 5.55. The second-order valence-electron chi connectivity index (χ2n) is 5.88. The van der Waals surface area contributed by atoms with Crippen molar-refractivity contribution in [2.45, 2.75) is 6.92 Å². The number of benzene rings is 2. The van der Waals surface area contributed by atoms with Gasteiger partial charge in [-0.25, -0.2) is 9.97 Å². The maximum absolute atomic E-state index is 5.55. The predicted molar refractivity (Wildman–Crippen MR) is 105 cm³/mol. The predicted octanol–water partition coefficient (Wildman–Crippen LogP) is 4.53. The zero-order valence-corrected chi connectivity index (χ0v) is 14.8. The Labute approximate surface area is 152 Å². The van der Waals surface area contributed by atoms with Crippen LogP contribution in [0.2, 0.25) is 0 Å². The van der Waals surface area contributed by atoms with Crippen LogP contribution in [0.15, 0.2) is 67.1 Å². The Bertz CT molecular complexity index is 1020.